The summed E-state index contributed by atoms with van der Waals surface area (Å²) in [6.45, 7) is 16.7. The van der Waals surface area contributed by atoms with E-state index in [-0.39, 0.29) is 25.0 Å². The van der Waals surface area contributed by atoms with Crippen LogP contribution < -0.4 is 10.5 Å². The van der Waals surface area contributed by atoms with Crippen LogP contribution in [0, 0.1) is 38.5 Å². The van der Waals surface area contributed by atoms with Crippen LogP contribution in [0.5, 0.6) is 11.5 Å². The summed E-state index contributed by atoms with van der Waals surface area (Å²) in [7, 11) is 0. The molecule has 0 bridgehead atoms. The van der Waals surface area contributed by atoms with Crippen LogP contribution in [0.25, 0.3) is 0 Å². The summed E-state index contributed by atoms with van der Waals surface area (Å²) < 4.78 is 18.8. The first-order valence-corrected chi connectivity index (χ1v) is 15.9. The van der Waals surface area contributed by atoms with Gasteiger partial charge in [0, 0.05) is 12.0 Å². The van der Waals surface area contributed by atoms with Crippen LogP contribution in [0.2, 0.25) is 0 Å². The molecule has 1 fully saturated rings. The number of hydrogen-bond acceptors (Lipinski definition) is 7. The van der Waals surface area contributed by atoms with Gasteiger partial charge in [0.05, 0.1) is 6.42 Å². The van der Waals surface area contributed by atoms with E-state index in [1.54, 1.807) is 0 Å². The Hall–Kier alpha value is -2.28. The van der Waals surface area contributed by atoms with E-state index in [1.165, 1.54) is 38.5 Å². The van der Waals surface area contributed by atoms with Gasteiger partial charge in [-0.05, 0) is 81.4 Å². The number of esters is 2. The molecule has 1 aromatic rings. The lowest BCUT2D eigenvalue weighted by Gasteiger charge is -2.51. The molecule has 7 heteroatoms. The quantitative estimate of drug-likeness (QED) is 0.252. The minimum absolute atomic E-state index is 0.0328. The molecule has 7 nitrogen and oxygen atoms in total. The highest BCUT2D eigenvalue weighted by Gasteiger charge is 2.61. The molecule has 2 unspecified atom stereocenters. The first-order chi connectivity index (χ1) is 19.2. The maximum absolute atomic E-state index is 13.0. The highest BCUT2D eigenvalue weighted by Crippen LogP contribution is 2.51. The molecule has 5 atom stereocenters. The number of phenols is 1. The Morgan fingerprint density at radius 2 is 1.44 bits per heavy atom. The Morgan fingerprint density at radius 3 is 2.05 bits per heavy atom. The minimum Gasteiger partial charge on any atom is -0.507 e. The number of ether oxygens (including phenoxy) is 3. The van der Waals surface area contributed by atoms with Crippen molar-refractivity contribution in [2.24, 2.45) is 23.5 Å². The van der Waals surface area contributed by atoms with E-state index in [0.717, 1.165) is 35.8 Å². The van der Waals surface area contributed by atoms with Gasteiger partial charge in [-0.3, -0.25) is 9.59 Å². The third kappa shape index (κ3) is 7.77. The number of fused-ring (bicyclic) bond motifs is 1. The fourth-order valence-electron chi connectivity index (χ4n) is 6.42. The SMILES string of the molecule is Cc1c(C)c2c(c(C)c1O)CC1(OC(=O)CC[C@@H](N)C(=O)O1)[C@](C)(CCCC(C)CCC[C@@H](C)CCCC(C)C)O2. The number of aromatic hydroxyl groups is 1. The molecule has 41 heavy (non-hydrogen) atoms. The molecule has 1 spiro atoms. The maximum atomic E-state index is 13.0. The first kappa shape index (κ1) is 33.2. The number of nitrogens with two attached hydrogens (primary N) is 1. The second kappa shape index (κ2) is 13.8. The molecule has 1 aromatic carbocycles. The molecule has 3 N–H and O–H groups in total. The standard InChI is InChI=1S/C34H55NO6/c1-21(2)12-9-13-22(3)14-10-15-23(4)16-11-19-33(8)34(39-29(36)18-17-28(35)32(38)41-34)20-27-26(7)30(37)24(5)25(6)31(27)40-33/h21-23,28,37H,9-20,35H2,1-8H3/t22-,23?,28+,33-,34?/m0/s1. The van der Waals surface area contributed by atoms with Crippen LogP contribution in [0.15, 0.2) is 0 Å². The van der Waals surface area contributed by atoms with Gasteiger partial charge in [0.25, 0.3) is 5.79 Å². The maximum Gasteiger partial charge on any atom is 0.326 e. The number of carbonyl (C=O) groups is 2. The van der Waals surface area contributed by atoms with Crippen LogP contribution in [-0.2, 0) is 25.5 Å². The third-order valence-electron chi connectivity index (χ3n) is 9.61. The van der Waals surface area contributed by atoms with Crippen molar-refractivity contribution < 1.29 is 28.9 Å². The van der Waals surface area contributed by atoms with E-state index in [2.05, 4.69) is 27.7 Å². The second-order valence-corrected chi connectivity index (χ2v) is 13.7. The lowest BCUT2D eigenvalue weighted by molar-refractivity contribution is -0.293. The molecule has 0 radical (unpaired) electrons. The topological polar surface area (TPSA) is 108 Å². The molecule has 2 heterocycles. The molecule has 0 aliphatic carbocycles. The lowest BCUT2D eigenvalue weighted by Crippen LogP contribution is -2.65. The summed E-state index contributed by atoms with van der Waals surface area (Å²) in [6, 6.07) is -0.910. The van der Waals surface area contributed by atoms with Crippen molar-refractivity contribution in [1.29, 1.82) is 0 Å². The summed E-state index contributed by atoms with van der Waals surface area (Å²) in [5, 5.41) is 10.8. The number of hydrogen-bond donors (Lipinski definition) is 2. The van der Waals surface area contributed by atoms with E-state index in [1.807, 2.05) is 27.7 Å². The Balaban J connectivity index is 1.76. The first-order valence-electron chi connectivity index (χ1n) is 15.9. The number of rotatable bonds is 12. The molecule has 2 aliphatic rings. The molecule has 0 aromatic heterocycles. The van der Waals surface area contributed by atoms with E-state index >= 15 is 0 Å². The highest BCUT2D eigenvalue weighted by molar-refractivity contribution is 5.79. The largest absolute Gasteiger partial charge is 0.507 e. The summed E-state index contributed by atoms with van der Waals surface area (Å²) in [5.41, 5.74) is 7.85. The Bertz CT molecular complexity index is 1080. The minimum atomic E-state index is -1.67. The molecule has 1 saturated heterocycles. The van der Waals surface area contributed by atoms with Gasteiger partial charge in [-0.25, -0.2) is 0 Å². The van der Waals surface area contributed by atoms with Crippen molar-refractivity contribution in [2.75, 3.05) is 0 Å². The van der Waals surface area contributed by atoms with Crippen molar-refractivity contribution in [3.8, 4) is 11.5 Å². The predicted molar refractivity (Wildman–Crippen MR) is 162 cm³/mol. The Kier molecular flexibility index (Phi) is 11.2. The third-order valence-corrected chi connectivity index (χ3v) is 9.61. The monoisotopic (exact) mass is 573 g/mol. The Morgan fingerprint density at radius 1 is 0.854 bits per heavy atom. The zero-order valence-electron chi connectivity index (χ0n) is 26.9. The van der Waals surface area contributed by atoms with Crippen molar-refractivity contribution in [3.63, 3.8) is 0 Å². The van der Waals surface area contributed by atoms with Gasteiger partial charge in [-0.1, -0.05) is 72.6 Å². The van der Waals surface area contributed by atoms with Crippen molar-refractivity contribution in [1.82, 2.24) is 0 Å². The van der Waals surface area contributed by atoms with Gasteiger partial charge in [-0.2, -0.15) is 0 Å². The van der Waals surface area contributed by atoms with Crippen LogP contribution in [0.3, 0.4) is 0 Å². The van der Waals surface area contributed by atoms with Gasteiger partial charge in [0.15, 0.2) is 5.60 Å². The fraction of sp³-hybridized carbons (Fsp3) is 0.765. The molecule has 232 valence electrons. The van der Waals surface area contributed by atoms with Crippen molar-refractivity contribution in [2.45, 2.75) is 150 Å². The van der Waals surface area contributed by atoms with Gasteiger partial charge in [-0.15, -0.1) is 0 Å². The second-order valence-electron chi connectivity index (χ2n) is 13.7. The summed E-state index contributed by atoms with van der Waals surface area (Å²) in [5.74, 6) is 0.202. The number of carbonyl (C=O) groups excluding carboxylic acids is 2. The van der Waals surface area contributed by atoms with Gasteiger partial charge in [0.2, 0.25) is 0 Å². The van der Waals surface area contributed by atoms with Crippen LogP contribution in [0.1, 0.15) is 128 Å². The zero-order chi connectivity index (χ0) is 30.5. The van der Waals surface area contributed by atoms with Crippen LogP contribution in [-0.4, -0.2) is 34.5 Å². The van der Waals surface area contributed by atoms with Crippen LogP contribution in [0.4, 0.5) is 0 Å². The molecule has 2 aliphatic heterocycles. The molecule has 3 rings (SSSR count). The number of phenolic OH excluding ortho intramolecular Hbond substituents is 1. The zero-order valence-corrected chi connectivity index (χ0v) is 26.9. The van der Waals surface area contributed by atoms with E-state index in [0.29, 0.717) is 29.2 Å². The molecular formula is C34H55NO6. The average molecular weight is 574 g/mol. The van der Waals surface area contributed by atoms with E-state index in [9.17, 15) is 14.7 Å². The molecule has 0 amide bonds. The summed E-state index contributed by atoms with van der Waals surface area (Å²) in [4.78, 5) is 25.9. The summed E-state index contributed by atoms with van der Waals surface area (Å²) in [6.07, 6.45) is 10.3. The lowest BCUT2D eigenvalue weighted by atomic mass is 9.78. The highest BCUT2D eigenvalue weighted by atomic mass is 16.8. The van der Waals surface area contributed by atoms with Crippen molar-refractivity contribution >= 4 is 11.9 Å². The predicted octanol–water partition coefficient (Wildman–Crippen LogP) is 7.35. The van der Waals surface area contributed by atoms with Gasteiger partial charge in [0.1, 0.15) is 17.5 Å². The fourth-order valence-corrected chi connectivity index (χ4v) is 6.42. The summed E-state index contributed by atoms with van der Waals surface area (Å²) >= 11 is 0. The number of benzene rings is 1. The normalized spacial score (nSPS) is 26.0. The smallest absolute Gasteiger partial charge is 0.326 e. The average Bonchev–Trinajstić information content (AvgIpc) is 2.89. The van der Waals surface area contributed by atoms with Crippen molar-refractivity contribution in [3.05, 3.63) is 22.3 Å². The van der Waals surface area contributed by atoms with Gasteiger partial charge >= 0.3 is 11.9 Å². The van der Waals surface area contributed by atoms with Gasteiger partial charge < -0.3 is 25.1 Å². The molecule has 0 saturated carbocycles. The van der Waals surface area contributed by atoms with E-state index < -0.39 is 29.4 Å². The Labute approximate surface area is 247 Å². The molecular weight excluding hydrogens is 518 g/mol. The van der Waals surface area contributed by atoms with Crippen LogP contribution >= 0.6 is 0 Å². The van der Waals surface area contributed by atoms with E-state index in [4.69, 9.17) is 19.9 Å².